The van der Waals surface area contributed by atoms with Gasteiger partial charge in [0.2, 0.25) is 0 Å². The lowest BCUT2D eigenvalue weighted by Crippen LogP contribution is -2.44. The van der Waals surface area contributed by atoms with Gasteiger partial charge in [-0.3, -0.25) is 4.79 Å². The topological polar surface area (TPSA) is 102 Å². The van der Waals surface area contributed by atoms with Crippen LogP contribution in [0.5, 0.6) is 0 Å². The molecule has 2 aromatic heterocycles. The Kier molecular flexibility index (Phi) is 5.52. The Morgan fingerprint density at radius 2 is 2.19 bits per heavy atom. The average molecular weight is 367 g/mol. The fourth-order valence-corrected chi connectivity index (χ4v) is 2.98. The summed E-state index contributed by atoms with van der Waals surface area (Å²) in [4.78, 5) is 15.6. The van der Waals surface area contributed by atoms with E-state index in [1.54, 1.807) is 7.11 Å². The number of carbonyl (C=O) groups excluding carboxylic acids is 1. The molecule has 0 spiro atoms. The lowest BCUT2D eigenvalue weighted by molar-refractivity contribution is 0.0896. The molecule has 0 bridgehead atoms. The minimum atomic E-state index is -0.995. The minimum absolute atomic E-state index is 0.0657. The standard InChI is InChI=1S/C16H19F2N5O3/c1-26-3-2-23-13(8-24)21-22-15(23)9-4-11(5-9)20-16(25)14-12(18)6-10(17)7-19-14/h6-7,9,11,24H,2-5,8H2,1H3,(H,20,25). The molecule has 1 aliphatic carbocycles. The third kappa shape index (κ3) is 3.70. The van der Waals surface area contributed by atoms with Crippen LogP contribution < -0.4 is 5.32 Å². The number of hydrogen-bond acceptors (Lipinski definition) is 6. The zero-order chi connectivity index (χ0) is 18.7. The second kappa shape index (κ2) is 7.83. The molecular formula is C16H19F2N5O3. The third-order valence-corrected chi connectivity index (χ3v) is 4.38. The molecule has 2 aromatic rings. The van der Waals surface area contributed by atoms with E-state index in [9.17, 15) is 18.7 Å². The number of hydrogen-bond donors (Lipinski definition) is 2. The van der Waals surface area contributed by atoms with Gasteiger partial charge in [0.25, 0.3) is 5.91 Å². The first kappa shape index (κ1) is 18.3. The van der Waals surface area contributed by atoms with Crippen LogP contribution in [-0.4, -0.2) is 50.5 Å². The van der Waals surface area contributed by atoms with Gasteiger partial charge in [-0.25, -0.2) is 13.8 Å². The Hall–Kier alpha value is -2.46. The summed E-state index contributed by atoms with van der Waals surface area (Å²) >= 11 is 0. The highest BCUT2D eigenvalue weighted by molar-refractivity contribution is 5.92. The van der Waals surface area contributed by atoms with Crippen LogP contribution in [0, 0.1) is 11.6 Å². The number of nitrogens with one attached hydrogen (secondary N) is 1. The zero-order valence-electron chi connectivity index (χ0n) is 14.2. The Morgan fingerprint density at radius 3 is 2.85 bits per heavy atom. The van der Waals surface area contributed by atoms with E-state index in [0.717, 1.165) is 12.0 Å². The van der Waals surface area contributed by atoms with Crippen LogP contribution in [0.25, 0.3) is 0 Å². The SMILES string of the molecule is COCCn1c(CO)nnc1C1CC(NC(=O)c2ncc(F)cc2F)C1. The Labute approximate surface area is 148 Å². The summed E-state index contributed by atoms with van der Waals surface area (Å²) in [7, 11) is 1.58. The molecule has 2 heterocycles. The summed E-state index contributed by atoms with van der Waals surface area (Å²) in [5.41, 5.74) is -0.430. The van der Waals surface area contributed by atoms with Gasteiger partial charge in [-0.05, 0) is 12.8 Å². The van der Waals surface area contributed by atoms with E-state index in [1.807, 2.05) is 4.57 Å². The highest BCUT2D eigenvalue weighted by atomic mass is 19.1. The van der Waals surface area contributed by atoms with E-state index in [1.165, 1.54) is 0 Å². The van der Waals surface area contributed by atoms with Crippen molar-refractivity contribution in [2.24, 2.45) is 0 Å². The molecule has 3 rings (SSSR count). The van der Waals surface area contributed by atoms with Crippen LogP contribution in [0.3, 0.4) is 0 Å². The molecule has 10 heteroatoms. The molecule has 1 aliphatic rings. The van der Waals surface area contributed by atoms with Crippen molar-refractivity contribution in [3.05, 3.63) is 41.2 Å². The van der Waals surface area contributed by atoms with E-state index < -0.39 is 23.2 Å². The average Bonchev–Trinajstić information content (AvgIpc) is 2.97. The first-order chi connectivity index (χ1) is 12.5. The molecule has 0 atom stereocenters. The zero-order valence-corrected chi connectivity index (χ0v) is 14.2. The molecule has 0 unspecified atom stereocenters. The van der Waals surface area contributed by atoms with Gasteiger partial charge in [-0.2, -0.15) is 0 Å². The fraction of sp³-hybridized carbons (Fsp3) is 0.500. The number of nitrogens with zero attached hydrogens (tertiary/aromatic N) is 4. The predicted molar refractivity (Wildman–Crippen MR) is 85.2 cm³/mol. The van der Waals surface area contributed by atoms with Gasteiger partial charge in [-0.1, -0.05) is 0 Å². The molecule has 26 heavy (non-hydrogen) atoms. The van der Waals surface area contributed by atoms with Crippen molar-refractivity contribution in [3.63, 3.8) is 0 Å². The molecule has 0 aliphatic heterocycles. The van der Waals surface area contributed by atoms with Crippen LogP contribution in [0.1, 0.15) is 40.9 Å². The molecule has 8 nitrogen and oxygen atoms in total. The second-order valence-electron chi connectivity index (χ2n) is 6.10. The van der Waals surface area contributed by atoms with Gasteiger partial charge in [0, 0.05) is 31.7 Å². The molecule has 0 aromatic carbocycles. The number of aromatic nitrogens is 4. The molecule has 1 saturated carbocycles. The highest BCUT2D eigenvalue weighted by Gasteiger charge is 2.36. The van der Waals surface area contributed by atoms with Crippen molar-refractivity contribution in [2.45, 2.75) is 38.0 Å². The van der Waals surface area contributed by atoms with Gasteiger partial charge < -0.3 is 19.7 Å². The van der Waals surface area contributed by atoms with Gasteiger partial charge >= 0.3 is 0 Å². The summed E-state index contributed by atoms with van der Waals surface area (Å²) in [6.07, 6.45) is 2.01. The van der Waals surface area contributed by atoms with Crippen LogP contribution in [-0.2, 0) is 17.9 Å². The van der Waals surface area contributed by atoms with Gasteiger partial charge in [-0.15, -0.1) is 10.2 Å². The van der Waals surface area contributed by atoms with Crippen molar-refractivity contribution >= 4 is 5.91 Å². The predicted octanol–water partition coefficient (Wildman–Crippen LogP) is 0.766. The maximum absolute atomic E-state index is 13.6. The Balaban J connectivity index is 1.60. The Bertz CT molecular complexity index is 792. The van der Waals surface area contributed by atoms with Crippen molar-refractivity contribution < 1.29 is 23.4 Å². The van der Waals surface area contributed by atoms with E-state index in [4.69, 9.17) is 4.74 Å². The second-order valence-corrected chi connectivity index (χ2v) is 6.10. The molecule has 1 amide bonds. The summed E-state index contributed by atoms with van der Waals surface area (Å²) in [5, 5.41) is 20.1. The number of amides is 1. The minimum Gasteiger partial charge on any atom is -0.388 e. The quantitative estimate of drug-likeness (QED) is 0.749. The molecular weight excluding hydrogens is 348 g/mol. The first-order valence-corrected chi connectivity index (χ1v) is 8.17. The van der Waals surface area contributed by atoms with Crippen LogP contribution in [0.2, 0.25) is 0 Å². The number of ether oxygens (including phenoxy) is 1. The van der Waals surface area contributed by atoms with Crippen molar-refractivity contribution in [1.29, 1.82) is 0 Å². The molecule has 2 N–H and O–H groups in total. The highest BCUT2D eigenvalue weighted by Crippen LogP contribution is 2.36. The summed E-state index contributed by atoms with van der Waals surface area (Å²) in [6, 6.07) is 0.462. The molecule has 1 fully saturated rings. The smallest absolute Gasteiger partial charge is 0.273 e. The van der Waals surface area contributed by atoms with Gasteiger partial charge in [0.15, 0.2) is 17.3 Å². The van der Waals surface area contributed by atoms with Gasteiger partial charge in [0.1, 0.15) is 18.2 Å². The van der Waals surface area contributed by atoms with Gasteiger partial charge in [0.05, 0.1) is 12.8 Å². The number of carbonyl (C=O) groups is 1. The van der Waals surface area contributed by atoms with E-state index in [-0.39, 0.29) is 18.6 Å². The van der Waals surface area contributed by atoms with E-state index in [2.05, 4.69) is 20.5 Å². The lowest BCUT2D eigenvalue weighted by atomic mass is 9.79. The van der Waals surface area contributed by atoms with Crippen molar-refractivity contribution in [2.75, 3.05) is 13.7 Å². The molecule has 0 radical (unpaired) electrons. The number of aliphatic hydroxyl groups excluding tert-OH is 1. The number of halogens is 2. The summed E-state index contributed by atoms with van der Waals surface area (Å²) in [5.74, 6) is -1.26. The molecule has 0 saturated heterocycles. The number of methoxy groups -OCH3 is 1. The maximum atomic E-state index is 13.6. The number of rotatable bonds is 7. The van der Waals surface area contributed by atoms with Crippen LogP contribution in [0.4, 0.5) is 8.78 Å². The largest absolute Gasteiger partial charge is 0.388 e. The molecule has 140 valence electrons. The first-order valence-electron chi connectivity index (χ1n) is 8.17. The monoisotopic (exact) mass is 367 g/mol. The van der Waals surface area contributed by atoms with Crippen molar-refractivity contribution in [1.82, 2.24) is 25.1 Å². The number of aliphatic hydroxyl groups is 1. The normalized spacial score (nSPS) is 19.2. The summed E-state index contributed by atoms with van der Waals surface area (Å²) < 4.78 is 33.4. The fourth-order valence-electron chi connectivity index (χ4n) is 2.98. The lowest BCUT2D eigenvalue weighted by Gasteiger charge is -2.35. The summed E-state index contributed by atoms with van der Waals surface area (Å²) in [6.45, 7) is 0.756. The van der Waals surface area contributed by atoms with E-state index in [0.29, 0.717) is 37.9 Å². The van der Waals surface area contributed by atoms with E-state index >= 15 is 0 Å². The van der Waals surface area contributed by atoms with Crippen molar-refractivity contribution in [3.8, 4) is 0 Å². The Morgan fingerprint density at radius 1 is 1.42 bits per heavy atom. The van der Waals surface area contributed by atoms with Crippen LogP contribution in [0.15, 0.2) is 12.3 Å². The third-order valence-electron chi connectivity index (χ3n) is 4.38. The maximum Gasteiger partial charge on any atom is 0.273 e. The van der Waals surface area contributed by atoms with Crippen LogP contribution >= 0.6 is 0 Å². The number of pyridine rings is 1.